The average molecular weight is 409 g/mol. The summed E-state index contributed by atoms with van der Waals surface area (Å²) in [5.74, 6) is -2.35. The number of anilines is 1. The van der Waals surface area contributed by atoms with E-state index in [2.05, 4.69) is 0 Å². The highest BCUT2D eigenvalue weighted by molar-refractivity contribution is 6.35. The van der Waals surface area contributed by atoms with Gasteiger partial charge in [-0.3, -0.25) is 9.59 Å². The van der Waals surface area contributed by atoms with Crippen LogP contribution < -0.4 is 4.90 Å². The predicted octanol–water partition coefficient (Wildman–Crippen LogP) is 3.60. The summed E-state index contributed by atoms with van der Waals surface area (Å²) in [5, 5.41) is 0. The van der Waals surface area contributed by atoms with Crippen molar-refractivity contribution < 1.29 is 28.7 Å². The van der Waals surface area contributed by atoms with Gasteiger partial charge in [0.05, 0.1) is 29.0 Å². The lowest BCUT2D eigenvalue weighted by molar-refractivity contribution is -0.147. The molecule has 0 aromatic heterocycles. The summed E-state index contributed by atoms with van der Waals surface area (Å²) < 4.78 is 9.90. The molecule has 0 aliphatic carbocycles. The number of hydrogen-bond donors (Lipinski definition) is 0. The minimum Gasteiger partial charge on any atom is -0.463 e. The number of hydrogen-bond acceptors (Lipinski definition) is 6. The molecular formula is C23H23NO6. The van der Waals surface area contributed by atoms with Gasteiger partial charge in [0, 0.05) is 0 Å². The molecule has 1 heterocycles. The van der Waals surface area contributed by atoms with Crippen molar-refractivity contribution in [1.82, 2.24) is 0 Å². The quantitative estimate of drug-likeness (QED) is 0.394. The largest absolute Gasteiger partial charge is 0.463 e. The first-order valence-electron chi connectivity index (χ1n) is 9.76. The lowest BCUT2D eigenvalue weighted by Crippen LogP contribution is -2.30. The lowest BCUT2D eigenvalue weighted by atomic mass is 10.1. The van der Waals surface area contributed by atoms with Gasteiger partial charge in [0.15, 0.2) is 6.61 Å². The number of amides is 2. The molecule has 0 spiro atoms. The first kappa shape index (κ1) is 21.2. The Hall–Kier alpha value is -3.48. The second-order valence-electron chi connectivity index (χ2n) is 7.15. The fourth-order valence-electron chi connectivity index (χ4n) is 3.13. The summed E-state index contributed by atoms with van der Waals surface area (Å²) in [6.07, 6.45) is 1.62. The van der Waals surface area contributed by atoms with Crippen LogP contribution in [0.3, 0.4) is 0 Å². The summed E-state index contributed by atoms with van der Waals surface area (Å²) in [7, 11) is 0. The number of carbonyl (C=O) groups excluding carboxylic acids is 4. The molecule has 0 unspecified atom stereocenters. The maximum Gasteiger partial charge on any atom is 0.344 e. The molecule has 2 amide bonds. The summed E-state index contributed by atoms with van der Waals surface area (Å²) in [5.41, 5.74) is 2.65. The van der Waals surface area contributed by atoms with E-state index in [1.807, 2.05) is 32.9 Å². The van der Waals surface area contributed by atoms with Gasteiger partial charge in [0.1, 0.15) is 0 Å². The number of benzene rings is 2. The van der Waals surface area contributed by atoms with Gasteiger partial charge in [0.2, 0.25) is 0 Å². The Morgan fingerprint density at radius 3 is 2.40 bits per heavy atom. The molecule has 156 valence electrons. The zero-order valence-electron chi connectivity index (χ0n) is 17.2. The van der Waals surface area contributed by atoms with Crippen molar-refractivity contribution in [3.05, 3.63) is 64.2 Å². The highest BCUT2D eigenvalue weighted by atomic mass is 16.6. The van der Waals surface area contributed by atoms with E-state index in [9.17, 15) is 19.2 Å². The topological polar surface area (TPSA) is 90.0 Å². The van der Waals surface area contributed by atoms with E-state index >= 15 is 0 Å². The second kappa shape index (κ2) is 8.90. The van der Waals surface area contributed by atoms with Gasteiger partial charge < -0.3 is 9.47 Å². The number of carbonyl (C=O) groups is 4. The zero-order chi connectivity index (χ0) is 21.8. The van der Waals surface area contributed by atoms with Crippen LogP contribution in [0.4, 0.5) is 5.69 Å². The van der Waals surface area contributed by atoms with Gasteiger partial charge in [-0.25, -0.2) is 14.5 Å². The molecule has 2 aromatic rings. The number of fused-ring (bicyclic) bond motifs is 1. The van der Waals surface area contributed by atoms with E-state index < -0.39 is 30.4 Å². The van der Waals surface area contributed by atoms with Crippen LogP contribution in [-0.2, 0) is 14.3 Å². The molecule has 0 atom stereocenters. The fourth-order valence-corrected chi connectivity index (χ4v) is 3.13. The van der Waals surface area contributed by atoms with Gasteiger partial charge in [-0.05, 0) is 55.7 Å². The van der Waals surface area contributed by atoms with E-state index in [4.69, 9.17) is 9.47 Å². The van der Waals surface area contributed by atoms with E-state index in [0.717, 1.165) is 28.9 Å². The van der Waals surface area contributed by atoms with Crippen molar-refractivity contribution in [2.45, 2.75) is 33.6 Å². The smallest absolute Gasteiger partial charge is 0.344 e. The normalized spacial score (nSPS) is 12.7. The summed E-state index contributed by atoms with van der Waals surface area (Å²) in [6, 6.07) is 9.68. The van der Waals surface area contributed by atoms with E-state index in [1.165, 1.54) is 18.2 Å². The molecule has 3 rings (SSSR count). The fraction of sp³-hybridized carbons (Fsp3) is 0.304. The average Bonchev–Trinajstić information content (AvgIpc) is 2.98. The minimum atomic E-state index is -0.768. The maximum absolute atomic E-state index is 12.9. The Kier molecular flexibility index (Phi) is 6.30. The second-order valence-corrected chi connectivity index (χ2v) is 7.15. The van der Waals surface area contributed by atoms with Crippen LogP contribution in [0.15, 0.2) is 36.4 Å². The van der Waals surface area contributed by atoms with Gasteiger partial charge in [-0.1, -0.05) is 25.5 Å². The zero-order valence-corrected chi connectivity index (χ0v) is 17.2. The number of esters is 2. The van der Waals surface area contributed by atoms with Crippen LogP contribution >= 0.6 is 0 Å². The molecule has 0 saturated carbocycles. The molecule has 0 bridgehead atoms. The predicted molar refractivity (Wildman–Crippen MR) is 110 cm³/mol. The Bertz CT molecular complexity index is 1030. The van der Waals surface area contributed by atoms with Crippen molar-refractivity contribution in [2.24, 2.45) is 0 Å². The first-order valence-corrected chi connectivity index (χ1v) is 9.76. The van der Waals surface area contributed by atoms with Crippen LogP contribution in [-0.4, -0.2) is 37.0 Å². The van der Waals surface area contributed by atoms with Crippen LogP contribution in [0, 0.1) is 13.8 Å². The molecule has 0 N–H and O–H groups in total. The third-order valence-corrected chi connectivity index (χ3v) is 4.81. The summed E-state index contributed by atoms with van der Waals surface area (Å²) >= 11 is 0. The van der Waals surface area contributed by atoms with Gasteiger partial charge in [-0.15, -0.1) is 0 Å². The van der Waals surface area contributed by atoms with Crippen LogP contribution in [0.25, 0.3) is 0 Å². The Balaban J connectivity index is 1.76. The Morgan fingerprint density at radius 2 is 1.67 bits per heavy atom. The monoisotopic (exact) mass is 409 g/mol. The highest BCUT2D eigenvalue weighted by Crippen LogP contribution is 2.31. The maximum atomic E-state index is 12.9. The standard InChI is InChI=1S/C23H23NO6/c1-4-5-10-29-20(25)13-30-23(28)16-8-9-17-18(12-16)22(27)24(21(17)26)19-11-14(2)6-7-15(19)3/h6-9,11-12H,4-5,10,13H2,1-3H3. The Morgan fingerprint density at radius 1 is 0.933 bits per heavy atom. The number of imide groups is 1. The molecule has 1 aliphatic rings. The molecular weight excluding hydrogens is 386 g/mol. The summed E-state index contributed by atoms with van der Waals surface area (Å²) in [6.45, 7) is 5.43. The van der Waals surface area contributed by atoms with Crippen molar-refractivity contribution in [1.29, 1.82) is 0 Å². The summed E-state index contributed by atoms with van der Waals surface area (Å²) in [4.78, 5) is 50.7. The molecule has 1 aliphatic heterocycles. The van der Waals surface area contributed by atoms with Crippen molar-refractivity contribution in [3.63, 3.8) is 0 Å². The van der Waals surface area contributed by atoms with Gasteiger partial charge in [-0.2, -0.15) is 0 Å². The number of rotatable bonds is 7. The van der Waals surface area contributed by atoms with Crippen molar-refractivity contribution >= 4 is 29.4 Å². The van der Waals surface area contributed by atoms with Crippen LogP contribution in [0.1, 0.15) is 62.0 Å². The minimum absolute atomic E-state index is 0.0825. The molecule has 0 saturated heterocycles. The number of aryl methyl sites for hydroxylation is 2. The van der Waals surface area contributed by atoms with Crippen LogP contribution in [0.2, 0.25) is 0 Å². The SMILES string of the molecule is CCCCOC(=O)COC(=O)c1ccc2c(c1)C(=O)N(c1cc(C)ccc1C)C2=O. The molecule has 0 radical (unpaired) electrons. The third kappa shape index (κ3) is 4.25. The van der Waals surface area contributed by atoms with E-state index in [-0.39, 0.29) is 23.3 Å². The number of nitrogens with zero attached hydrogens (tertiary/aromatic N) is 1. The highest BCUT2D eigenvalue weighted by Gasteiger charge is 2.38. The van der Waals surface area contributed by atoms with E-state index in [0.29, 0.717) is 5.69 Å². The van der Waals surface area contributed by atoms with Gasteiger partial charge >= 0.3 is 11.9 Å². The Labute approximate surface area is 174 Å². The molecule has 30 heavy (non-hydrogen) atoms. The van der Waals surface area contributed by atoms with Crippen molar-refractivity contribution in [3.8, 4) is 0 Å². The van der Waals surface area contributed by atoms with E-state index in [1.54, 1.807) is 6.07 Å². The van der Waals surface area contributed by atoms with Gasteiger partial charge in [0.25, 0.3) is 11.8 Å². The third-order valence-electron chi connectivity index (χ3n) is 4.81. The van der Waals surface area contributed by atoms with Crippen molar-refractivity contribution in [2.75, 3.05) is 18.1 Å². The number of ether oxygens (including phenoxy) is 2. The van der Waals surface area contributed by atoms with Crippen LogP contribution in [0.5, 0.6) is 0 Å². The molecule has 7 heteroatoms. The lowest BCUT2D eigenvalue weighted by Gasteiger charge is -2.17. The molecule has 2 aromatic carbocycles. The number of unbranched alkanes of at least 4 members (excludes halogenated alkanes) is 1. The molecule has 0 fully saturated rings. The molecule has 7 nitrogen and oxygen atoms in total. The first-order chi connectivity index (χ1) is 14.3.